The monoisotopic (exact) mass is 242 g/mol. The van der Waals surface area contributed by atoms with Crippen molar-refractivity contribution in [3.63, 3.8) is 0 Å². The molecule has 17 heavy (non-hydrogen) atoms. The highest BCUT2D eigenvalue weighted by Crippen LogP contribution is 2.31. The lowest BCUT2D eigenvalue weighted by Crippen LogP contribution is -2.11. The smallest absolute Gasteiger partial charge is 0.398 e. The van der Waals surface area contributed by atoms with Crippen LogP contribution in [0.5, 0.6) is 0 Å². The van der Waals surface area contributed by atoms with E-state index in [1.165, 1.54) is 6.07 Å². The van der Waals surface area contributed by atoms with E-state index in [9.17, 15) is 13.2 Å². The number of hydrogen-bond acceptors (Lipinski definition) is 2. The van der Waals surface area contributed by atoms with Gasteiger partial charge in [-0.15, -0.1) is 0 Å². The molecular weight excluding hydrogens is 229 g/mol. The molecule has 0 fully saturated rings. The van der Waals surface area contributed by atoms with Gasteiger partial charge in [-0.1, -0.05) is 11.8 Å². The average Bonchev–Trinajstić information content (AvgIpc) is 2.18. The maximum absolute atomic E-state index is 12.4. The minimum absolute atomic E-state index is 0.0473. The topological polar surface area (TPSA) is 29.3 Å². The van der Waals surface area contributed by atoms with Crippen molar-refractivity contribution >= 4 is 5.69 Å². The van der Waals surface area contributed by atoms with E-state index in [1.54, 1.807) is 0 Å². The van der Waals surface area contributed by atoms with E-state index < -0.39 is 11.7 Å². The van der Waals surface area contributed by atoms with Crippen molar-refractivity contribution in [1.29, 1.82) is 0 Å². The molecule has 2 nitrogen and oxygen atoms in total. The van der Waals surface area contributed by atoms with Crippen LogP contribution >= 0.6 is 0 Å². The van der Waals surface area contributed by atoms with Crippen molar-refractivity contribution in [3.8, 4) is 11.8 Å². The van der Waals surface area contributed by atoms with Gasteiger partial charge >= 0.3 is 6.18 Å². The molecule has 0 saturated heterocycles. The van der Waals surface area contributed by atoms with Crippen LogP contribution in [-0.4, -0.2) is 25.5 Å². The van der Waals surface area contributed by atoms with Gasteiger partial charge in [-0.2, -0.15) is 13.2 Å². The summed E-state index contributed by atoms with van der Waals surface area (Å²) in [6.07, 6.45) is -4.37. The highest BCUT2D eigenvalue weighted by molar-refractivity contribution is 5.57. The van der Waals surface area contributed by atoms with Gasteiger partial charge in [0.15, 0.2) is 0 Å². The van der Waals surface area contributed by atoms with E-state index in [0.29, 0.717) is 12.1 Å². The van der Waals surface area contributed by atoms with Crippen LogP contribution in [0.3, 0.4) is 0 Å². The van der Waals surface area contributed by atoms with Crippen LogP contribution in [0.15, 0.2) is 18.2 Å². The first-order chi connectivity index (χ1) is 7.80. The minimum Gasteiger partial charge on any atom is -0.398 e. The van der Waals surface area contributed by atoms with Gasteiger partial charge in [0.1, 0.15) is 0 Å². The summed E-state index contributed by atoms with van der Waals surface area (Å²) in [7, 11) is 3.70. The van der Waals surface area contributed by atoms with Gasteiger partial charge in [0.05, 0.1) is 12.1 Å². The van der Waals surface area contributed by atoms with Gasteiger partial charge in [-0.3, -0.25) is 4.90 Å². The van der Waals surface area contributed by atoms with E-state index in [4.69, 9.17) is 5.73 Å². The van der Waals surface area contributed by atoms with Gasteiger partial charge in [0.25, 0.3) is 0 Å². The van der Waals surface area contributed by atoms with Crippen LogP contribution in [-0.2, 0) is 6.18 Å². The molecule has 0 saturated carbocycles. The molecule has 0 spiro atoms. The Hall–Kier alpha value is -1.67. The quantitative estimate of drug-likeness (QED) is 0.604. The van der Waals surface area contributed by atoms with E-state index >= 15 is 0 Å². The first-order valence-electron chi connectivity index (χ1n) is 4.91. The van der Waals surface area contributed by atoms with Gasteiger partial charge < -0.3 is 5.73 Å². The standard InChI is InChI=1S/C12H13F3N2/c1-17(2)7-3-4-9-5-6-10(8-11(9)16)12(13,14)15/h5-6,8H,7,16H2,1-2H3. The molecule has 0 atom stereocenters. The van der Waals surface area contributed by atoms with Gasteiger partial charge in [-0.25, -0.2) is 0 Å². The van der Waals surface area contributed by atoms with Crippen molar-refractivity contribution < 1.29 is 13.2 Å². The zero-order valence-corrected chi connectivity index (χ0v) is 9.60. The summed E-state index contributed by atoms with van der Waals surface area (Å²) in [5.74, 6) is 5.55. The number of alkyl halides is 3. The summed E-state index contributed by atoms with van der Waals surface area (Å²) < 4.78 is 37.1. The van der Waals surface area contributed by atoms with Crippen LogP contribution < -0.4 is 5.73 Å². The summed E-state index contributed by atoms with van der Waals surface area (Å²) >= 11 is 0. The van der Waals surface area contributed by atoms with Crippen LogP contribution in [0.4, 0.5) is 18.9 Å². The van der Waals surface area contributed by atoms with Crippen molar-refractivity contribution in [2.45, 2.75) is 6.18 Å². The molecule has 5 heteroatoms. The third-order valence-corrected chi connectivity index (χ3v) is 2.00. The first-order valence-corrected chi connectivity index (χ1v) is 4.91. The van der Waals surface area contributed by atoms with E-state index in [-0.39, 0.29) is 5.69 Å². The lowest BCUT2D eigenvalue weighted by atomic mass is 10.1. The van der Waals surface area contributed by atoms with Gasteiger partial charge in [0.2, 0.25) is 0 Å². The maximum atomic E-state index is 12.4. The maximum Gasteiger partial charge on any atom is 0.416 e. The van der Waals surface area contributed by atoms with Crippen molar-refractivity contribution in [3.05, 3.63) is 29.3 Å². The highest BCUT2D eigenvalue weighted by atomic mass is 19.4. The number of benzene rings is 1. The summed E-state index contributed by atoms with van der Waals surface area (Å²) in [4.78, 5) is 1.85. The van der Waals surface area contributed by atoms with Crippen molar-refractivity contribution in [1.82, 2.24) is 4.90 Å². The number of rotatable bonds is 1. The molecular formula is C12H13F3N2. The lowest BCUT2D eigenvalue weighted by molar-refractivity contribution is -0.137. The zero-order chi connectivity index (χ0) is 13.1. The third kappa shape index (κ3) is 4.00. The Balaban J connectivity index is 2.93. The number of nitrogen functional groups attached to an aromatic ring is 1. The molecule has 0 aliphatic carbocycles. The predicted molar refractivity (Wildman–Crippen MR) is 61.3 cm³/mol. The van der Waals surface area contributed by atoms with Crippen LogP contribution in [0.2, 0.25) is 0 Å². The molecule has 0 amide bonds. The molecule has 2 N–H and O–H groups in total. The van der Waals surface area contributed by atoms with Crippen molar-refractivity contribution in [2.75, 3.05) is 26.4 Å². The van der Waals surface area contributed by atoms with E-state index in [0.717, 1.165) is 12.1 Å². The fraction of sp³-hybridized carbons (Fsp3) is 0.333. The Morgan fingerprint density at radius 1 is 1.29 bits per heavy atom. The number of nitrogens with two attached hydrogens (primary N) is 1. The molecule has 0 bridgehead atoms. The Bertz CT molecular complexity index is 453. The third-order valence-electron chi connectivity index (χ3n) is 2.00. The second-order valence-electron chi connectivity index (χ2n) is 3.84. The molecule has 0 heterocycles. The molecule has 0 aliphatic rings. The number of anilines is 1. The largest absolute Gasteiger partial charge is 0.416 e. The first kappa shape index (κ1) is 13.4. The fourth-order valence-corrected chi connectivity index (χ4v) is 1.15. The molecule has 0 aromatic heterocycles. The molecule has 0 unspecified atom stereocenters. The fourth-order valence-electron chi connectivity index (χ4n) is 1.15. The summed E-state index contributed by atoms with van der Waals surface area (Å²) in [6, 6.07) is 3.18. The van der Waals surface area contributed by atoms with E-state index in [1.807, 2.05) is 19.0 Å². The average molecular weight is 242 g/mol. The molecule has 92 valence electrons. The Labute approximate surface area is 98.2 Å². The highest BCUT2D eigenvalue weighted by Gasteiger charge is 2.30. The molecule has 1 aromatic carbocycles. The minimum atomic E-state index is -4.37. The summed E-state index contributed by atoms with van der Waals surface area (Å²) in [5, 5.41) is 0. The Morgan fingerprint density at radius 3 is 2.41 bits per heavy atom. The van der Waals surface area contributed by atoms with E-state index in [2.05, 4.69) is 11.8 Å². The van der Waals surface area contributed by atoms with Gasteiger partial charge in [0, 0.05) is 11.3 Å². The molecule has 1 rings (SSSR count). The molecule has 0 aliphatic heterocycles. The van der Waals surface area contributed by atoms with Crippen LogP contribution in [0.25, 0.3) is 0 Å². The van der Waals surface area contributed by atoms with Crippen molar-refractivity contribution in [2.24, 2.45) is 0 Å². The lowest BCUT2D eigenvalue weighted by Gasteiger charge is -2.08. The second kappa shape index (κ2) is 5.11. The van der Waals surface area contributed by atoms with Crippen LogP contribution in [0, 0.1) is 11.8 Å². The number of hydrogen-bond donors (Lipinski definition) is 1. The normalized spacial score (nSPS) is 11.2. The Morgan fingerprint density at radius 2 is 1.94 bits per heavy atom. The predicted octanol–water partition coefficient (Wildman–Crippen LogP) is 2.20. The number of halogens is 3. The van der Waals surface area contributed by atoms with Gasteiger partial charge in [-0.05, 0) is 32.3 Å². The molecule has 1 aromatic rings. The summed E-state index contributed by atoms with van der Waals surface area (Å²) in [6.45, 7) is 0.528. The zero-order valence-electron chi connectivity index (χ0n) is 9.60. The SMILES string of the molecule is CN(C)CC#Cc1ccc(C(F)(F)F)cc1N. The van der Waals surface area contributed by atoms with Crippen LogP contribution in [0.1, 0.15) is 11.1 Å². The second-order valence-corrected chi connectivity index (χ2v) is 3.84. The summed E-state index contributed by atoms with van der Waals surface area (Å²) in [5.41, 5.74) is 5.23. The number of nitrogens with zero attached hydrogens (tertiary/aromatic N) is 1. The Kier molecular flexibility index (Phi) is 4.02. The molecule has 0 radical (unpaired) electrons.